The minimum Gasteiger partial charge on any atom is -0.367 e. The molecular formula is C26H36N8O. The number of anilines is 1. The predicted octanol–water partition coefficient (Wildman–Crippen LogP) is 4.09. The fraction of sp³-hybridized carbons (Fsp3) is 0.615. The van der Waals surface area contributed by atoms with Gasteiger partial charge in [0.1, 0.15) is 18.0 Å². The van der Waals surface area contributed by atoms with Crippen LogP contribution in [0.15, 0.2) is 18.7 Å². The molecule has 1 saturated heterocycles. The Hall–Kier alpha value is -3.10. The fourth-order valence-corrected chi connectivity index (χ4v) is 5.78. The van der Waals surface area contributed by atoms with Gasteiger partial charge in [0.2, 0.25) is 5.91 Å². The van der Waals surface area contributed by atoms with Crippen molar-refractivity contribution in [2.45, 2.75) is 65.8 Å². The molecule has 9 nitrogen and oxygen atoms in total. The zero-order valence-electron chi connectivity index (χ0n) is 21.1. The summed E-state index contributed by atoms with van der Waals surface area (Å²) in [4.78, 5) is 38.1. The maximum absolute atomic E-state index is 13.4. The number of rotatable bonds is 7. The third-order valence-electron chi connectivity index (χ3n) is 7.85. The second-order valence-electron chi connectivity index (χ2n) is 9.96. The number of likely N-dealkylation sites (tertiary alicyclic amines) is 1. The van der Waals surface area contributed by atoms with Crippen LogP contribution < -0.4 is 5.32 Å². The molecule has 5 rings (SSSR count). The number of piperidine rings is 1. The molecule has 3 aromatic heterocycles. The average Bonchev–Trinajstić information content (AvgIpc) is 3.28. The quantitative estimate of drug-likeness (QED) is 0.548. The fourth-order valence-electron chi connectivity index (χ4n) is 5.78. The van der Waals surface area contributed by atoms with Crippen molar-refractivity contribution in [3.05, 3.63) is 24.5 Å². The maximum Gasteiger partial charge on any atom is 0.227 e. The first kappa shape index (κ1) is 23.6. The minimum absolute atomic E-state index is 0.0848. The molecule has 0 radical (unpaired) electrons. The lowest BCUT2D eigenvalue weighted by atomic mass is 9.75. The Morgan fingerprint density at radius 1 is 1.09 bits per heavy atom. The molecule has 1 saturated carbocycles. The smallest absolute Gasteiger partial charge is 0.227 e. The van der Waals surface area contributed by atoms with Crippen LogP contribution in [0.1, 0.15) is 58.2 Å². The summed E-state index contributed by atoms with van der Waals surface area (Å²) in [6.07, 6.45) is 12.4. The maximum atomic E-state index is 13.4. The highest BCUT2D eigenvalue weighted by Crippen LogP contribution is 2.36. The van der Waals surface area contributed by atoms with Gasteiger partial charge in [0.05, 0.1) is 11.5 Å². The lowest BCUT2D eigenvalue weighted by Crippen LogP contribution is -2.47. The monoisotopic (exact) mass is 476 g/mol. The SMILES string of the molecule is CC[C@H](CNc1ncnc2c1nc(-c1cnc(C)nc1)n2CC)C(=O)N1CCC2CCCCC2C1. The molecule has 186 valence electrons. The number of carbonyl (C=O) groups is 1. The lowest BCUT2D eigenvalue weighted by molar-refractivity contribution is -0.138. The van der Waals surface area contributed by atoms with Crippen LogP contribution in [0.5, 0.6) is 0 Å². The van der Waals surface area contributed by atoms with E-state index in [9.17, 15) is 4.79 Å². The zero-order valence-corrected chi connectivity index (χ0v) is 21.1. The molecule has 35 heavy (non-hydrogen) atoms. The standard InChI is InChI=1S/C26H36N8O/c1-4-18(26(35)33-11-10-19-8-6-7-9-20(19)15-33)12-29-23-22-25(31-16-30-23)34(5-2)24(32-22)21-13-27-17(3)28-14-21/h13-14,16,18-20H,4-12,15H2,1-3H3,(H,29,30,31)/t18-,19?,20?/m1/s1. The summed E-state index contributed by atoms with van der Waals surface area (Å²) in [6.45, 7) is 9.10. The van der Waals surface area contributed by atoms with Gasteiger partial charge in [-0.15, -0.1) is 0 Å². The Morgan fingerprint density at radius 3 is 2.60 bits per heavy atom. The van der Waals surface area contributed by atoms with Crippen molar-refractivity contribution in [3.63, 3.8) is 0 Å². The molecule has 9 heteroatoms. The van der Waals surface area contributed by atoms with Crippen molar-refractivity contribution in [1.82, 2.24) is 34.4 Å². The van der Waals surface area contributed by atoms with Gasteiger partial charge in [0.25, 0.3) is 0 Å². The van der Waals surface area contributed by atoms with Crippen molar-refractivity contribution < 1.29 is 4.79 Å². The van der Waals surface area contributed by atoms with E-state index in [4.69, 9.17) is 4.98 Å². The van der Waals surface area contributed by atoms with E-state index < -0.39 is 0 Å². The van der Waals surface area contributed by atoms with Gasteiger partial charge in [-0.2, -0.15) is 0 Å². The highest BCUT2D eigenvalue weighted by Gasteiger charge is 2.34. The van der Waals surface area contributed by atoms with Crippen molar-refractivity contribution in [3.8, 4) is 11.4 Å². The second kappa shape index (κ2) is 10.3. The highest BCUT2D eigenvalue weighted by atomic mass is 16.2. The van der Waals surface area contributed by atoms with E-state index in [-0.39, 0.29) is 11.8 Å². The van der Waals surface area contributed by atoms with Gasteiger partial charge in [-0.3, -0.25) is 4.79 Å². The van der Waals surface area contributed by atoms with E-state index in [1.54, 1.807) is 18.7 Å². The Bertz CT molecular complexity index is 1170. The molecule has 2 unspecified atom stereocenters. The first-order chi connectivity index (χ1) is 17.1. The molecule has 4 heterocycles. The molecule has 2 fully saturated rings. The van der Waals surface area contributed by atoms with Gasteiger partial charge in [-0.05, 0) is 44.9 Å². The molecule has 3 atom stereocenters. The van der Waals surface area contributed by atoms with Gasteiger partial charge >= 0.3 is 0 Å². The van der Waals surface area contributed by atoms with E-state index >= 15 is 0 Å². The van der Waals surface area contributed by atoms with Crippen LogP contribution in [-0.2, 0) is 11.3 Å². The van der Waals surface area contributed by atoms with E-state index in [0.717, 1.165) is 54.7 Å². The largest absolute Gasteiger partial charge is 0.367 e. The summed E-state index contributed by atoms with van der Waals surface area (Å²) >= 11 is 0. The van der Waals surface area contributed by atoms with E-state index in [1.807, 2.05) is 11.5 Å². The second-order valence-corrected chi connectivity index (χ2v) is 9.96. The van der Waals surface area contributed by atoms with Gasteiger partial charge in [0.15, 0.2) is 17.0 Å². The summed E-state index contributed by atoms with van der Waals surface area (Å²) in [6, 6.07) is 0. The molecular weight excluding hydrogens is 440 g/mol. The van der Waals surface area contributed by atoms with Gasteiger partial charge < -0.3 is 14.8 Å². The number of amides is 1. The molecule has 3 aromatic rings. The summed E-state index contributed by atoms with van der Waals surface area (Å²) < 4.78 is 2.05. The molecule has 2 aliphatic rings. The van der Waals surface area contributed by atoms with Crippen molar-refractivity contribution in [1.29, 1.82) is 0 Å². The van der Waals surface area contributed by atoms with E-state index in [0.29, 0.717) is 30.3 Å². The minimum atomic E-state index is -0.0848. The normalized spacial score (nSPS) is 21.1. The first-order valence-corrected chi connectivity index (χ1v) is 13.1. The number of aromatic nitrogens is 6. The van der Waals surface area contributed by atoms with Crippen molar-refractivity contribution in [2.75, 3.05) is 25.0 Å². The lowest BCUT2D eigenvalue weighted by Gasteiger charge is -2.42. The molecule has 0 aromatic carbocycles. The number of nitrogens with one attached hydrogen (secondary N) is 1. The van der Waals surface area contributed by atoms with Crippen LogP contribution >= 0.6 is 0 Å². The number of hydrogen-bond donors (Lipinski definition) is 1. The Morgan fingerprint density at radius 2 is 1.86 bits per heavy atom. The third kappa shape index (κ3) is 4.73. The number of hydrogen-bond acceptors (Lipinski definition) is 7. The molecule has 0 bridgehead atoms. The molecule has 1 N–H and O–H groups in total. The van der Waals surface area contributed by atoms with Crippen LogP contribution in [0, 0.1) is 24.7 Å². The van der Waals surface area contributed by atoms with Crippen molar-refractivity contribution >= 4 is 22.9 Å². The molecule has 0 spiro atoms. The van der Waals surface area contributed by atoms with E-state index in [1.165, 1.54) is 25.7 Å². The predicted molar refractivity (Wildman–Crippen MR) is 136 cm³/mol. The Kier molecular flexibility index (Phi) is 6.92. The summed E-state index contributed by atoms with van der Waals surface area (Å²) in [5, 5.41) is 3.43. The molecule has 1 aliphatic heterocycles. The topological polar surface area (TPSA) is 102 Å². The number of imidazole rings is 1. The third-order valence-corrected chi connectivity index (χ3v) is 7.85. The first-order valence-electron chi connectivity index (χ1n) is 13.1. The Balaban J connectivity index is 1.33. The van der Waals surface area contributed by atoms with Gasteiger partial charge in [0, 0.05) is 38.6 Å². The number of aryl methyl sites for hydroxylation is 2. The Labute approximate surface area is 206 Å². The van der Waals surface area contributed by atoms with Crippen LogP contribution in [0.25, 0.3) is 22.6 Å². The van der Waals surface area contributed by atoms with Crippen LogP contribution in [0.2, 0.25) is 0 Å². The highest BCUT2D eigenvalue weighted by molar-refractivity contribution is 5.86. The van der Waals surface area contributed by atoms with Gasteiger partial charge in [-0.1, -0.05) is 26.2 Å². The number of nitrogens with zero attached hydrogens (tertiary/aromatic N) is 7. The molecule has 1 amide bonds. The van der Waals surface area contributed by atoms with Crippen molar-refractivity contribution in [2.24, 2.45) is 17.8 Å². The average molecular weight is 477 g/mol. The summed E-state index contributed by atoms with van der Waals surface area (Å²) in [7, 11) is 0. The molecule has 1 aliphatic carbocycles. The zero-order chi connectivity index (χ0) is 24.4. The van der Waals surface area contributed by atoms with Gasteiger partial charge in [-0.25, -0.2) is 24.9 Å². The number of carbonyl (C=O) groups excluding carboxylic acids is 1. The van der Waals surface area contributed by atoms with Crippen LogP contribution in [0.3, 0.4) is 0 Å². The summed E-state index contributed by atoms with van der Waals surface area (Å²) in [5.74, 6) is 3.85. The van der Waals surface area contributed by atoms with Crippen LogP contribution in [-0.4, -0.2) is 59.9 Å². The summed E-state index contributed by atoms with van der Waals surface area (Å²) in [5.41, 5.74) is 2.31. The van der Waals surface area contributed by atoms with E-state index in [2.05, 4.69) is 44.0 Å². The van der Waals surface area contributed by atoms with Crippen LogP contribution in [0.4, 0.5) is 5.82 Å². The number of fused-ring (bicyclic) bond motifs is 2.